The molecule has 2 rings (SSSR count). The molecule has 2 aromatic rings. The lowest BCUT2D eigenvalue weighted by Gasteiger charge is -2.29. The van der Waals surface area contributed by atoms with Gasteiger partial charge in [0, 0.05) is 0 Å². The molecule has 5 nitrogen and oxygen atoms in total. The van der Waals surface area contributed by atoms with E-state index in [4.69, 9.17) is 9.47 Å². The standard InChI is InChI=1S/C21H22O5/c1-16(22)19(26-15-18-11-7-4-8-12-18)21(24,20(23)25-2)14-13-17-9-5-3-6-10-17/h3-14,19,24H,15H2,1-2H3/b14-13+/t19-,21-/m0/s1. The highest BCUT2D eigenvalue weighted by Gasteiger charge is 2.46. The number of esters is 1. The van der Waals surface area contributed by atoms with Crippen LogP contribution in [-0.4, -0.2) is 35.7 Å². The zero-order valence-electron chi connectivity index (χ0n) is 14.8. The third-order valence-corrected chi connectivity index (χ3v) is 3.87. The number of ether oxygens (including phenoxy) is 2. The van der Waals surface area contributed by atoms with Crippen LogP contribution in [0.3, 0.4) is 0 Å². The molecule has 1 N–H and O–H groups in total. The summed E-state index contributed by atoms with van der Waals surface area (Å²) >= 11 is 0. The zero-order chi connectivity index (χ0) is 19.0. The minimum absolute atomic E-state index is 0.0730. The van der Waals surface area contributed by atoms with Gasteiger partial charge in [0.1, 0.15) is 0 Å². The third-order valence-electron chi connectivity index (χ3n) is 3.87. The summed E-state index contributed by atoms with van der Waals surface area (Å²) in [5.41, 5.74) is -0.649. The highest BCUT2D eigenvalue weighted by molar-refractivity contribution is 5.94. The van der Waals surface area contributed by atoms with Crippen molar-refractivity contribution >= 4 is 17.8 Å². The second-order valence-electron chi connectivity index (χ2n) is 5.85. The monoisotopic (exact) mass is 354 g/mol. The molecule has 0 saturated heterocycles. The lowest BCUT2D eigenvalue weighted by atomic mass is 9.92. The van der Waals surface area contributed by atoms with Crippen LogP contribution in [0.2, 0.25) is 0 Å². The molecule has 0 aliphatic carbocycles. The number of rotatable bonds is 8. The number of ketones is 1. The van der Waals surface area contributed by atoms with Gasteiger partial charge in [-0.2, -0.15) is 0 Å². The third kappa shape index (κ3) is 4.88. The second kappa shape index (κ2) is 9.08. The molecule has 0 unspecified atom stereocenters. The van der Waals surface area contributed by atoms with Gasteiger partial charge in [-0.15, -0.1) is 0 Å². The smallest absolute Gasteiger partial charge is 0.345 e. The van der Waals surface area contributed by atoms with E-state index < -0.39 is 23.5 Å². The summed E-state index contributed by atoms with van der Waals surface area (Å²) in [6.07, 6.45) is 1.40. The van der Waals surface area contributed by atoms with Crippen LogP contribution in [0, 0.1) is 0 Å². The molecule has 0 amide bonds. The van der Waals surface area contributed by atoms with Crippen molar-refractivity contribution in [1.82, 2.24) is 0 Å². The first-order valence-electron chi connectivity index (χ1n) is 8.18. The van der Waals surface area contributed by atoms with Crippen molar-refractivity contribution in [3.8, 4) is 0 Å². The zero-order valence-corrected chi connectivity index (χ0v) is 14.8. The van der Waals surface area contributed by atoms with Crippen LogP contribution in [0.25, 0.3) is 6.08 Å². The number of benzene rings is 2. The first-order chi connectivity index (χ1) is 12.5. The van der Waals surface area contributed by atoms with Crippen LogP contribution in [0.4, 0.5) is 0 Å². The van der Waals surface area contributed by atoms with Crippen molar-refractivity contribution < 1.29 is 24.2 Å². The SMILES string of the molecule is COC(=O)[C@](O)(/C=C/c1ccccc1)[C@@H](OCc1ccccc1)C(C)=O. The van der Waals surface area contributed by atoms with E-state index in [-0.39, 0.29) is 6.61 Å². The predicted octanol–water partition coefficient (Wildman–Crippen LogP) is 2.78. The van der Waals surface area contributed by atoms with Crippen molar-refractivity contribution in [2.24, 2.45) is 0 Å². The number of aliphatic hydroxyl groups is 1. The molecule has 0 fully saturated rings. The molecule has 136 valence electrons. The van der Waals surface area contributed by atoms with Gasteiger partial charge in [0.2, 0.25) is 5.60 Å². The molecule has 0 aliphatic rings. The summed E-state index contributed by atoms with van der Waals surface area (Å²) in [6.45, 7) is 1.34. The summed E-state index contributed by atoms with van der Waals surface area (Å²) in [7, 11) is 1.15. The fraction of sp³-hybridized carbons (Fsp3) is 0.238. The minimum Gasteiger partial charge on any atom is -0.467 e. The molecular weight excluding hydrogens is 332 g/mol. The number of hydrogen-bond acceptors (Lipinski definition) is 5. The number of Topliss-reactive ketones (excluding diaryl/α,β-unsaturated/α-hetero) is 1. The van der Waals surface area contributed by atoms with E-state index in [1.807, 2.05) is 60.7 Å². The van der Waals surface area contributed by atoms with E-state index in [1.165, 1.54) is 13.0 Å². The van der Waals surface area contributed by atoms with E-state index in [9.17, 15) is 14.7 Å². The largest absolute Gasteiger partial charge is 0.467 e. The summed E-state index contributed by atoms with van der Waals surface area (Å²) in [5.74, 6) is -1.44. The summed E-state index contributed by atoms with van der Waals surface area (Å²) in [5, 5.41) is 10.9. The van der Waals surface area contributed by atoms with E-state index in [0.29, 0.717) is 0 Å². The molecule has 0 radical (unpaired) electrons. The Morgan fingerprint density at radius 2 is 1.65 bits per heavy atom. The van der Waals surface area contributed by atoms with Crippen molar-refractivity contribution in [2.75, 3.05) is 7.11 Å². The molecule has 0 saturated carbocycles. The maximum atomic E-state index is 12.3. The molecular formula is C21H22O5. The lowest BCUT2D eigenvalue weighted by Crippen LogP contribution is -2.53. The van der Waals surface area contributed by atoms with Gasteiger partial charge in [-0.25, -0.2) is 4.79 Å². The highest BCUT2D eigenvalue weighted by Crippen LogP contribution is 2.22. The van der Waals surface area contributed by atoms with Crippen LogP contribution in [0.15, 0.2) is 66.7 Å². The average molecular weight is 354 g/mol. The minimum atomic E-state index is -2.23. The van der Waals surface area contributed by atoms with E-state index in [2.05, 4.69) is 0 Å². The van der Waals surface area contributed by atoms with Crippen molar-refractivity contribution in [3.05, 3.63) is 77.9 Å². The van der Waals surface area contributed by atoms with Gasteiger partial charge < -0.3 is 14.6 Å². The first-order valence-corrected chi connectivity index (χ1v) is 8.18. The van der Waals surface area contributed by atoms with Gasteiger partial charge in [-0.1, -0.05) is 66.7 Å². The van der Waals surface area contributed by atoms with Crippen LogP contribution >= 0.6 is 0 Å². The van der Waals surface area contributed by atoms with E-state index >= 15 is 0 Å². The van der Waals surface area contributed by atoms with Crippen molar-refractivity contribution in [3.63, 3.8) is 0 Å². The van der Waals surface area contributed by atoms with Gasteiger partial charge in [0.25, 0.3) is 0 Å². The molecule has 2 aromatic carbocycles. The van der Waals surface area contributed by atoms with Crippen LogP contribution < -0.4 is 0 Å². The van der Waals surface area contributed by atoms with Gasteiger partial charge >= 0.3 is 5.97 Å². The van der Waals surface area contributed by atoms with Crippen molar-refractivity contribution in [1.29, 1.82) is 0 Å². The summed E-state index contributed by atoms with van der Waals surface area (Å²) in [4.78, 5) is 24.4. The first kappa shape index (κ1) is 19.6. The Morgan fingerprint density at radius 1 is 1.08 bits per heavy atom. The predicted molar refractivity (Wildman–Crippen MR) is 98.1 cm³/mol. The van der Waals surface area contributed by atoms with Gasteiger partial charge in [0.15, 0.2) is 11.9 Å². The Bertz CT molecular complexity index is 754. The van der Waals surface area contributed by atoms with Crippen molar-refractivity contribution in [2.45, 2.75) is 25.2 Å². The fourth-order valence-electron chi connectivity index (χ4n) is 2.52. The maximum absolute atomic E-state index is 12.3. The molecule has 0 bridgehead atoms. The Hall–Kier alpha value is -2.76. The fourth-order valence-corrected chi connectivity index (χ4v) is 2.52. The summed E-state index contributed by atoms with van der Waals surface area (Å²) < 4.78 is 10.3. The Balaban J connectivity index is 2.29. The van der Waals surface area contributed by atoms with Gasteiger partial charge in [-0.05, 0) is 24.1 Å². The Morgan fingerprint density at radius 3 is 2.19 bits per heavy atom. The molecule has 2 atom stereocenters. The van der Waals surface area contributed by atoms with Gasteiger partial charge in [-0.3, -0.25) is 4.79 Å². The number of carbonyl (C=O) groups excluding carboxylic acids is 2. The molecule has 26 heavy (non-hydrogen) atoms. The Kier molecular flexibility index (Phi) is 6.83. The van der Waals surface area contributed by atoms with Crippen LogP contribution in [0.5, 0.6) is 0 Å². The van der Waals surface area contributed by atoms with Crippen LogP contribution in [0.1, 0.15) is 18.1 Å². The Labute approximate surface area is 152 Å². The maximum Gasteiger partial charge on any atom is 0.345 e. The van der Waals surface area contributed by atoms with Gasteiger partial charge in [0.05, 0.1) is 13.7 Å². The van der Waals surface area contributed by atoms with Crippen LogP contribution in [-0.2, 0) is 25.7 Å². The second-order valence-corrected chi connectivity index (χ2v) is 5.85. The number of carbonyl (C=O) groups is 2. The topological polar surface area (TPSA) is 72.8 Å². The van der Waals surface area contributed by atoms with E-state index in [0.717, 1.165) is 18.2 Å². The molecule has 0 aliphatic heterocycles. The normalized spacial score (nSPS) is 14.6. The molecule has 0 aromatic heterocycles. The lowest BCUT2D eigenvalue weighted by molar-refractivity contribution is -0.176. The molecule has 5 heteroatoms. The number of methoxy groups -OCH3 is 1. The molecule has 0 spiro atoms. The molecule has 0 heterocycles. The van der Waals surface area contributed by atoms with E-state index in [1.54, 1.807) is 6.08 Å². The summed E-state index contributed by atoms with van der Waals surface area (Å²) in [6, 6.07) is 18.3. The highest BCUT2D eigenvalue weighted by atomic mass is 16.6. The quantitative estimate of drug-likeness (QED) is 0.738. The average Bonchev–Trinajstić information content (AvgIpc) is 2.67. The number of hydrogen-bond donors (Lipinski definition) is 1.